The SMILES string of the molecule is CCSc1ccc(C2(C(C#N)CC)COC2)cc1. The van der Waals surface area contributed by atoms with E-state index in [9.17, 15) is 5.26 Å². The molecule has 0 N–H and O–H groups in total. The molecule has 3 heteroatoms. The molecule has 1 saturated heterocycles. The highest BCUT2D eigenvalue weighted by Gasteiger charge is 2.46. The van der Waals surface area contributed by atoms with Crippen molar-refractivity contribution in [1.82, 2.24) is 0 Å². The van der Waals surface area contributed by atoms with Gasteiger partial charge >= 0.3 is 0 Å². The van der Waals surface area contributed by atoms with Gasteiger partial charge in [0.1, 0.15) is 0 Å². The van der Waals surface area contributed by atoms with Crippen LogP contribution in [0.3, 0.4) is 0 Å². The highest BCUT2D eigenvalue weighted by Crippen LogP contribution is 2.41. The molecule has 0 saturated carbocycles. The van der Waals surface area contributed by atoms with E-state index in [-0.39, 0.29) is 11.3 Å². The molecule has 0 aliphatic carbocycles. The van der Waals surface area contributed by atoms with Crippen molar-refractivity contribution in [3.63, 3.8) is 0 Å². The van der Waals surface area contributed by atoms with Crippen LogP contribution in [-0.2, 0) is 10.2 Å². The first kappa shape index (κ1) is 13.5. The highest BCUT2D eigenvalue weighted by atomic mass is 32.2. The smallest absolute Gasteiger partial charge is 0.0666 e. The van der Waals surface area contributed by atoms with Gasteiger partial charge in [-0.3, -0.25) is 0 Å². The van der Waals surface area contributed by atoms with Crippen LogP contribution < -0.4 is 0 Å². The van der Waals surface area contributed by atoms with Crippen LogP contribution in [0, 0.1) is 17.2 Å². The van der Waals surface area contributed by atoms with E-state index in [2.05, 4.69) is 44.2 Å². The van der Waals surface area contributed by atoms with E-state index < -0.39 is 0 Å². The molecule has 2 rings (SSSR count). The normalized spacial score (nSPS) is 18.7. The summed E-state index contributed by atoms with van der Waals surface area (Å²) < 4.78 is 5.40. The molecule has 0 bridgehead atoms. The Bertz CT molecular complexity index is 431. The minimum absolute atomic E-state index is 0.0518. The van der Waals surface area contributed by atoms with Crippen LogP contribution in [0.5, 0.6) is 0 Å². The lowest BCUT2D eigenvalue weighted by Crippen LogP contribution is -2.51. The summed E-state index contributed by atoms with van der Waals surface area (Å²) in [6.07, 6.45) is 0.880. The molecule has 1 fully saturated rings. The van der Waals surface area contributed by atoms with Gasteiger partial charge in [0.15, 0.2) is 0 Å². The minimum Gasteiger partial charge on any atom is -0.379 e. The maximum atomic E-state index is 9.32. The van der Waals surface area contributed by atoms with Crippen LogP contribution in [0.15, 0.2) is 29.2 Å². The molecule has 1 aliphatic heterocycles. The molecule has 1 heterocycles. The molecule has 1 aliphatic rings. The standard InChI is InChI=1S/C15H19NOS/c1-3-12(9-16)15(10-17-11-15)13-5-7-14(8-6-13)18-4-2/h5-8,12H,3-4,10-11H2,1-2H3. The zero-order valence-corrected chi connectivity index (χ0v) is 11.8. The molecule has 1 unspecified atom stereocenters. The van der Waals surface area contributed by atoms with Crippen LogP contribution in [0.2, 0.25) is 0 Å². The molecule has 0 radical (unpaired) electrons. The molecule has 2 nitrogen and oxygen atoms in total. The van der Waals surface area contributed by atoms with Crippen LogP contribution in [-0.4, -0.2) is 19.0 Å². The number of nitrogens with zero attached hydrogens (tertiary/aromatic N) is 1. The summed E-state index contributed by atoms with van der Waals surface area (Å²) in [5.74, 6) is 1.14. The Morgan fingerprint density at radius 3 is 2.39 bits per heavy atom. The Morgan fingerprint density at radius 1 is 1.33 bits per heavy atom. The Balaban J connectivity index is 2.25. The van der Waals surface area contributed by atoms with Crippen LogP contribution in [0.1, 0.15) is 25.8 Å². The van der Waals surface area contributed by atoms with E-state index >= 15 is 0 Å². The summed E-state index contributed by atoms with van der Waals surface area (Å²) >= 11 is 1.84. The summed E-state index contributed by atoms with van der Waals surface area (Å²) in [7, 11) is 0. The fourth-order valence-corrected chi connectivity index (χ4v) is 3.21. The second-order valence-electron chi connectivity index (χ2n) is 4.70. The van der Waals surface area contributed by atoms with Gasteiger partial charge in [-0.25, -0.2) is 0 Å². The number of ether oxygens (including phenoxy) is 1. The topological polar surface area (TPSA) is 33.0 Å². The third-order valence-corrected chi connectivity index (χ3v) is 4.58. The van der Waals surface area contributed by atoms with Gasteiger partial charge in [0.05, 0.1) is 30.6 Å². The van der Waals surface area contributed by atoms with Crippen molar-refractivity contribution < 1.29 is 4.74 Å². The fourth-order valence-electron chi connectivity index (χ4n) is 2.55. The first-order chi connectivity index (χ1) is 8.76. The number of thioether (sulfide) groups is 1. The maximum Gasteiger partial charge on any atom is 0.0666 e. The zero-order chi connectivity index (χ0) is 13.0. The summed E-state index contributed by atoms with van der Waals surface area (Å²) in [5, 5.41) is 9.32. The zero-order valence-electron chi connectivity index (χ0n) is 11.0. The van der Waals surface area contributed by atoms with Crippen molar-refractivity contribution in [2.24, 2.45) is 5.92 Å². The van der Waals surface area contributed by atoms with Gasteiger partial charge in [0.25, 0.3) is 0 Å². The van der Waals surface area contributed by atoms with E-state index in [4.69, 9.17) is 4.74 Å². The van der Waals surface area contributed by atoms with Crippen molar-refractivity contribution in [2.75, 3.05) is 19.0 Å². The van der Waals surface area contributed by atoms with Crippen molar-refractivity contribution in [1.29, 1.82) is 5.26 Å². The van der Waals surface area contributed by atoms with Gasteiger partial charge in [-0.05, 0) is 29.9 Å². The third kappa shape index (κ3) is 2.28. The molecule has 96 valence electrons. The summed E-state index contributed by atoms with van der Waals surface area (Å²) in [4.78, 5) is 1.29. The average molecular weight is 261 g/mol. The number of hydrogen-bond donors (Lipinski definition) is 0. The van der Waals surface area contributed by atoms with E-state index in [1.54, 1.807) is 0 Å². The van der Waals surface area contributed by atoms with Crippen LogP contribution in [0.4, 0.5) is 0 Å². The average Bonchev–Trinajstić information content (AvgIpc) is 2.35. The lowest BCUT2D eigenvalue weighted by molar-refractivity contribution is -0.0805. The van der Waals surface area contributed by atoms with Gasteiger partial charge in [-0.15, -0.1) is 11.8 Å². The first-order valence-electron chi connectivity index (χ1n) is 6.47. The van der Waals surface area contributed by atoms with Crippen molar-refractivity contribution >= 4 is 11.8 Å². The Kier molecular flexibility index (Phi) is 4.31. The molecule has 0 aromatic heterocycles. The van der Waals surface area contributed by atoms with Gasteiger partial charge < -0.3 is 4.74 Å². The molecule has 1 atom stereocenters. The lowest BCUT2D eigenvalue weighted by Gasteiger charge is -2.45. The monoisotopic (exact) mass is 261 g/mol. The van der Waals surface area contributed by atoms with Gasteiger partial charge in [-0.1, -0.05) is 26.0 Å². The third-order valence-electron chi connectivity index (χ3n) is 3.69. The minimum atomic E-state index is -0.0705. The maximum absolute atomic E-state index is 9.32. The van der Waals surface area contributed by atoms with E-state index in [0.29, 0.717) is 13.2 Å². The summed E-state index contributed by atoms with van der Waals surface area (Å²) in [6.45, 7) is 5.59. The Hall–Kier alpha value is -0.980. The van der Waals surface area contributed by atoms with E-state index in [1.165, 1.54) is 10.5 Å². The van der Waals surface area contributed by atoms with Gasteiger partial charge in [0, 0.05) is 4.90 Å². The number of benzene rings is 1. The second kappa shape index (κ2) is 5.77. The molecule has 0 amide bonds. The predicted molar refractivity (Wildman–Crippen MR) is 74.7 cm³/mol. The number of rotatable bonds is 5. The molecule has 1 aromatic rings. The Morgan fingerprint density at radius 2 is 2.00 bits per heavy atom. The van der Waals surface area contributed by atoms with Crippen LogP contribution in [0.25, 0.3) is 0 Å². The summed E-state index contributed by atoms with van der Waals surface area (Å²) in [5.41, 5.74) is 1.18. The largest absolute Gasteiger partial charge is 0.379 e. The van der Waals surface area contributed by atoms with Crippen molar-refractivity contribution in [3.8, 4) is 6.07 Å². The van der Waals surface area contributed by atoms with Crippen molar-refractivity contribution in [2.45, 2.75) is 30.6 Å². The van der Waals surface area contributed by atoms with E-state index in [1.807, 2.05) is 11.8 Å². The number of nitriles is 1. The quantitative estimate of drug-likeness (QED) is 0.759. The molecule has 18 heavy (non-hydrogen) atoms. The van der Waals surface area contributed by atoms with Crippen molar-refractivity contribution in [3.05, 3.63) is 29.8 Å². The Labute approximate surface area is 113 Å². The molecular formula is C15H19NOS. The second-order valence-corrected chi connectivity index (χ2v) is 6.03. The van der Waals surface area contributed by atoms with Crippen LogP contribution >= 0.6 is 11.8 Å². The number of hydrogen-bond acceptors (Lipinski definition) is 3. The predicted octanol–water partition coefficient (Wildman–Crippen LogP) is 3.62. The molecular weight excluding hydrogens is 242 g/mol. The molecule has 1 aromatic carbocycles. The fraction of sp³-hybridized carbons (Fsp3) is 0.533. The van der Waals surface area contributed by atoms with E-state index in [0.717, 1.165) is 12.2 Å². The van der Waals surface area contributed by atoms with Gasteiger partial charge in [-0.2, -0.15) is 5.26 Å². The first-order valence-corrected chi connectivity index (χ1v) is 7.46. The lowest BCUT2D eigenvalue weighted by atomic mass is 9.68. The molecule has 0 spiro atoms. The summed E-state index contributed by atoms with van der Waals surface area (Å²) in [6, 6.07) is 11.1. The highest BCUT2D eigenvalue weighted by molar-refractivity contribution is 7.99. The van der Waals surface area contributed by atoms with Gasteiger partial charge in [0.2, 0.25) is 0 Å².